The maximum Gasteiger partial charge on any atom is 0.263 e. The van der Waals surface area contributed by atoms with Crippen LogP contribution in [0, 0.1) is 6.92 Å². The van der Waals surface area contributed by atoms with Gasteiger partial charge in [0.15, 0.2) is 4.96 Å². The Morgan fingerprint density at radius 1 is 1.17 bits per heavy atom. The zero-order valence-corrected chi connectivity index (χ0v) is 14.3. The summed E-state index contributed by atoms with van der Waals surface area (Å²) in [6.45, 7) is 4.17. The molecule has 0 aliphatic carbocycles. The summed E-state index contributed by atoms with van der Waals surface area (Å²) < 4.78 is 1.94. The Bertz CT molecular complexity index is 883. The van der Waals surface area contributed by atoms with Crippen LogP contribution in [-0.2, 0) is 4.79 Å². The van der Waals surface area contributed by atoms with E-state index >= 15 is 0 Å². The van der Waals surface area contributed by atoms with Crippen LogP contribution in [0.1, 0.15) is 22.3 Å². The number of hydrogen-bond donors (Lipinski definition) is 2. The Balaban J connectivity index is 1.76. The Hall–Kier alpha value is -2.67. The van der Waals surface area contributed by atoms with E-state index in [4.69, 9.17) is 0 Å². The first-order valence-electron chi connectivity index (χ1n) is 7.63. The molecule has 0 spiro atoms. The van der Waals surface area contributed by atoms with Gasteiger partial charge in [0.2, 0.25) is 5.91 Å². The van der Waals surface area contributed by atoms with Crippen LogP contribution in [0.25, 0.3) is 16.2 Å². The molecule has 6 nitrogen and oxygen atoms in total. The molecule has 0 saturated heterocycles. The predicted molar refractivity (Wildman–Crippen MR) is 94.3 cm³/mol. The first-order chi connectivity index (χ1) is 11.6. The van der Waals surface area contributed by atoms with E-state index < -0.39 is 0 Å². The van der Waals surface area contributed by atoms with Gasteiger partial charge in [-0.1, -0.05) is 41.7 Å². The van der Waals surface area contributed by atoms with Crippen LogP contribution in [0.2, 0.25) is 0 Å². The normalized spacial score (nSPS) is 10.8. The number of carbonyl (C=O) groups is 2. The van der Waals surface area contributed by atoms with E-state index in [0.717, 1.165) is 21.9 Å². The molecule has 0 radical (unpaired) electrons. The van der Waals surface area contributed by atoms with Gasteiger partial charge in [-0.05, 0) is 6.92 Å². The van der Waals surface area contributed by atoms with E-state index in [-0.39, 0.29) is 11.8 Å². The van der Waals surface area contributed by atoms with Crippen LogP contribution in [0.5, 0.6) is 0 Å². The van der Waals surface area contributed by atoms with Gasteiger partial charge in [0, 0.05) is 37.5 Å². The molecular formula is C17H18N4O2S. The van der Waals surface area contributed by atoms with Crippen molar-refractivity contribution in [2.45, 2.75) is 13.8 Å². The summed E-state index contributed by atoms with van der Waals surface area (Å²) in [5, 5.41) is 5.45. The van der Waals surface area contributed by atoms with Gasteiger partial charge in [-0.3, -0.25) is 14.0 Å². The summed E-state index contributed by atoms with van der Waals surface area (Å²) in [4.78, 5) is 29.1. The molecule has 0 atom stereocenters. The zero-order valence-electron chi connectivity index (χ0n) is 13.5. The molecule has 0 aliphatic heterocycles. The van der Waals surface area contributed by atoms with Gasteiger partial charge < -0.3 is 10.6 Å². The van der Waals surface area contributed by atoms with E-state index in [9.17, 15) is 9.59 Å². The number of aromatic nitrogens is 2. The topological polar surface area (TPSA) is 75.5 Å². The largest absolute Gasteiger partial charge is 0.355 e. The third-order valence-corrected chi connectivity index (χ3v) is 4.77. The van der Waals surface area contributed by atoms with Gasteiger partial charge in [-0.25, -0.2) is 4.98 Å². The number of aryl methyl sites for hydroxylation is 1. The van der Waals surface area contributed by atoms with Crippen molar-refractivity contribution in [1.82, 2.24) is 20.0 Å². The summed E-state index contributed by atoms with van der Waals surface area (Å²) in [7, 11) is 0. The van der Waals surface area contributed by atoms with Gasteiger partial charge in [0.25, 0.3) is 5.91 Å². The average molecular weight is 342 g/mol. The number of amides is 2. The minimum atomic E-state index is -0.144. The van der Waals surface area contributed by atoms with E-state index in [1.54, 1.807) is 0 Å². The lowest BCUT2D eigenvalue weighted by Gasteiger charge is -2.04. The van der Waals surface area contributed by atoms with Crippen LogP contribution >= 0.6 is 11.3 Å². The molecule has 2 amide bonds. The number of imidazole rings is 1. The number of hydrogen-bond acceptors (Lipinski definition) is 4. The molecular weight excluding hydrogens is 324 g/mol. The Kier molecular flexibility index (Phi) is 4.61. The third kappa shape index (κ3) is 3.30. The van der Waals surface area contributed by atoms with E-state index in [2.05, 4.69) is 15.6 Å². The minimum absolute atomic E-state index is 0.108. The van der Waals surface area contributed by atoms with Crippen LogP contribution < -0.4 is 10.6 Å². The molecule has 0 unspecified atom stereocenters. The first-order valence-corrected chi connectivity index (χ1v) is 8.44. The van der Waals surface area contributed by atoms with E-state index in [1.807, 2.05) is 47.9 Å². The van der Waals surface area contributed by atoms with Crippen molar-refractivity contribution in [3.8, 4) is 11.3 Å². The number of nitrogens with zero attached hydrogens (tertiary/aromatic N) is 2. The predicted octanol–water partition coefficient (Wildman–Crippen LogP) is 2.24. The van der Waals surface area contributed by atoms with Gasteiger partial charge in [-0.15, -0.1) is 0 Å². The number of thiazole rings is 1. The molecule has 24 heavy (non-hydrogen) atoms. The van der Waals surface area contributed by atoms with Crippen molar-refractivity contribution in [2.75, 3.05) is 13.1 Å². The van der Waals surface area contributed by atoms with Crippen molar-refractivity contribution in [1.29, 1.82) is 0 Å². The average Bonchev–Trinajstić information content (AvgIpc) is 3.12. The molecule has 0 aliphatic rings. The lowest BCUT2D eigenvalue weighted by molar-refractivity contribution is -0.118. The molecule has 2 aromatic heterocycles. The highest BCUT2D eigenvalue weighted by Gasteiger charge is 2.17. The highest BCUT2D eigenvalue weighted by Crippen LogP contribution is 2.26. The van der Waals surface area contributed by atoms with Crippen LogP contribution in [-0.4, -0.2) is 34.3 Å². The molecule has 0 bridgehead atoms. The molecule has 2 heterocycles. The molecule has 0 saturated carbocycles. The van der Waals surface area contributed by atoms with Crippen molar-refractivity contribution in [3.05, 3.63) is 47.1 Å². The summed E-state index contributed by atoms with van der Waals surface area (Å²) in [6, 6.07) is 9.94. The second-order valence-corrected chi connectivity index (χ2v) is 6.38. The highest BCUT2D eigenvalue weighted by atomic mass is 32.1. The number of nitrogens with one attached hydrogen (secondary N) is 2. The number of carbonyl (C=O) groups excluding carboxylic acids is 2. The van der Waals surface area contributed by atoms with Crippen molar-refractivity contribution in [2.24, 2.45) is 0 Å². The molecule has 3 aromatic rings. The van der Waals surface area contributed by atoms with Crippen molar-refractivity contribution in [3.63, 3.8) is 0 Å². The lowest BCUT2D eigenvalue weighted by atomic mass is 10.2. The Morgan fingerprint density at radius 2 is 1.88 bits per heavy atom. The summed E-state index contributed by atoms with van der Waals surface area (Å²) in [5.41, 5.74) is 2.80. The minimum Gasteiger partial charge on any atom is -0.355 e. The van der Waals surface area contributed by atoms with Crippen LogP contribution in [0.3, 0.4) is 0 Å². The quantitative estimate of drug-likeness (QED) is 0.698. The molecule has 2 N–H and O–H groups in total. The second kappa shape index (κ2) is 6.84. The second-order valence-electron chi connectivity index (χ2n) is 5.40. The summed E-state index contributed by atoms with van der Waals surface area (Å²) in [6.07, 6.45) is 1.95. The Morgan fingerprint density at radius 3 is 2.54 bits per heavy atom. The fourth-order valence-electron chi connectivity index (χ4n) is 2.40. The molecule has 7 heteroatoms. The van der Waals surface area contributed by atoms with E-state index in [1.165, 1.54) is 18.3 Å². The van der Waals surface area contributed by atoms with Gasteiger partial charge in [-0.2, -0.15) is 0 Å². The number of fused-ring (bicyclic) bond motifs is 1. The Labute approximate surface area is 143 Å². The van der Waals surface area contributed by atoms with Crippen molar-refractivity contribution >= 4 is 28.1 Å². The highest BCUT2D eigenvalue weighted by molar-refractivity contribution is 7.19. The fourth-order valence-corrected chi connectivity index (χ4v) is 3.43. The summed E-state index contributed by atoms with van der Waals surface area (Å²) >= 11 is 1.36. The third-order valence-electron chi connectivity index (χ3n) is 3.62. The van der Waals surface area contributed by atoms with Crippen LogP contribution in [0.4, 0.5) is 0 Å². The molecule has 3 rings (SSSR count). The fraction of sp³-hybridized carbons (Fsp3) is 0.235. The SMILES string of the molecule is CC(=O)NCCNC(=O)c1sc2nc(-c3ccccc3)cn2c1C. The monoisotopic (exact) mass is 342 g/mol. The van der Waals surface area contributed by atoms with Gasteiger partial charge in [0.05, 0.1) is 5.69 Å². The zero-order chi connectivity index (χ0) is 17.1. The summed E-state index contributed by atoms with van der Waals surface area (Å²) in [5.74, 6) is -0.252. The smallest absolute Gasteiger partial charge is 0.263 e. The van der Waals surface area contributed by atoms with E-state index in [0.29, 0.717) is 18.0 Å². The van der Waals surface area contributed by atoms with Crippen LogP contribution in [0.15, 0.2) is 36.5 Å². The number of benzene rings is 1. The van der Waals surface area contributed by atoms with Gasteiger partial charge >= 0.3 is 0 Å². The standard InChI is InChI=1S/C17H18N4O2S/c1-11-15(16(23)19-9-8-18-12(2)22)24-17-20-14(10-21(11)17)13-6-4-3-5-7-13/h3-7,10H,8-9H2,1-2H3,(H,18,22)(H,19,23). The number of rotatable bonds is 5. The maximum atomic E-state index is 12.3. The molecule has 124 valence electrons. The van der Waals surface area contributed by atoms with Gasteiger partial charge in [0.1, 0.15) is 4.88 Å². The first kappa shape index (κ1) is 16.2. The molecule has 1 aromatic carbocycles. The maximum absolute atomic E-state index is 12.3. The molecule has 0 fully saturated rings. The lowest BCUT2D eigenvalue weighted by Crippen LogP contribution is -2.33. The van der Waals surface area contributed by atoms with Crippen molar-refractivity contribution < 1.29 is 9.59 Å².